The summed E-state index contributed by atoms with van der Waals surface area (Å²) in [5, 5.41) is 17.1. The molecular formula is C26H28N4O3. The highest BCUT2D eigenvalue weighted by Gasteiger charge is 2.50. The van der Waals surface area contributed by atoms with Crippen molar-refractivity contribution in [2.24, 2.45) is 0 Å². The van der Waals surface area contributed by atoms with Gasteiger partial charge in [0.15, 0.2) is 5.82 Å². The molecule has 6 rings (SSSR count). The van der Waals surface area contributed by atoms with Crippen LogP contribution in [0, 0.1) is 0 Å². The van der Waals surface area contributed by atoms with Gasteiger partial charge in [0.1, 0.15) is 0 Å². The predicted molar refractivity (Wildman–Crippen MR) is 122 cm³/mol. The van der Waals surface area contributed by atoms with Gasteiger partial charge in [0.05, 0.1) is 11.5 Å². The minimum absolute atomic E-state index is 0.0426. The largest absolute Gasteiger partial charge is 0.478 e. The van der Waals surface area contributed by atoms with Gasteiger partial charge >= 0.3 is 5.97 Å². The third-order valence-electron chi connectivity index (χ3n) is 7.40. The first kappa shape index (κ1) is 20.6. The normalized spacial score (nSPS) is 23.8. The number of hydrogen-bond donors (Lipinski definition) is 2. The minimum atomic E-state index is -0.894. The molecule has 2 heterocycles. The van der Waals surface area contributed by atoms with Gasteiger partial charge in [-0.05, 0) is 42.5 Å². The lowest BCUT2D eigenvalue weighted by atomic mass is 9.98. The lowest BCUT2D eigenvalue weighted by molar-refractivity contribution is 0.0696. The molecule has 33 heavy (non-hydrogen) atoms. The standard InChI is InChI=1S/C26H28N4O3/c31-24(32)19-8-6-17(7-9-19)13-30-14-20(15-30)23-28-25(29-33-23)26(10-11-26)16-27-22-12-21(22)18-4-2-1-3-5-18/h1-9,20-22,27H,10-16H2,(H,31,32)/t21?,22-/m0/s1. The zero-order valence-electron chi connectivity index (χ0n) is 18.5. The Morgan fingerprint density at radius 3 is 2.58 bits per heavy atom. The smallest absolute Gasteiger partial charge is 0.335 e. The zero-order valence-corrected chi connectivity index (χ0v) is 18.5. The number of hydrogen-bond acceptors (Lipinski definition) is 6. The summed E-state index contributed by atoms with van der Waals surface area (Å²) in [6.07, 6.45) is 3.43. The molecule has 0 amide bonds. The Morgan fingerprint density at radius 2 is 1.88 bits per heavy atom. The summed E-state index contributed by atoms with van der Waals surface area (Å²) in [5.41, 5.74) is 2.90. The van der Waals surface area contributed by atoms with Crippen LogP contribution in [-0.4, -0.2) is 51.8 Å². The van der Waals surface area contributed by atoms with Crippen LogP contribution in [0.15, 0.2) is 59.1 Å². The molecule has 2 N–H and O–H groups in total. The second-order valence-corrected chi connectivity index (χ2v) is 9.87. The molecule has 0 bridgehead atoms. The van der Waals surface area contributed by atoms with Crippen LogP contribution >= 0.6 is 0 Å². The second kappa shape index (κ2) is 8.08. The Hall–Kier alpha value is -3.03. The van der Waals surface area contributed by atoms with Crippen molar-refractivity contribution in [3.63, 3.8) is 0 Å². The number of likely N-dealkylation sites (tertiary alicyclic amines) is 1. The van der Waals surface area contributed by atoms with Gasteiger partial charge in [-0.25, -0.2) is 4.79 Å². The molecule has 1 aliphatic heterocycles. The first-order chi connectivity index (χ1) is 16.1. The summed E-state index contributed by atoms with van der Waals surface area (Å²) >= 11 is 0. The summed E-state index contributed by atoms with van der Waals surface area (Å²) in [7, 11) is 0. The zero-order chi connectivity index (χ0) is 22.4. The van der Waals surface area contributed by atoms with E-state index in [4.69, 9.17) is 14.6 Å². The van der Waals surface area contributed by atoms with Crippen molar-refractivity contribution in [2.75, 3.05) is 19.6 Å². The van der Waals surface area contributed by atoms with Crippen molar-refractivity contribution in [1.29, 1.82) is 0 Å². The molecule has 3 aromatic rings. The van der Waals surface area contributed by atoms with Crippen molar-refractivity contribution < 1.29 is 14.4 Å². The van der Waals surface area contributed by atoms with Crippen molar-refractivity contribution in [1.82, 2.24) is 20.4 Å². The lowest BCUT2D eigenvalue weighted by Crippen LogP contribution is -2.44. The van der Waals surface area contributed by atoms with Crippen LogP contribution in [0.5, 0.6) is 0 Å². The van der Waals surface area contributed by atoms with Gasteiger partial charge in [-0.1, -0.05) is 47.6 Å². The molecule has 1 unspecified atom stereocenters. The molecule has 0 radical (unpaired) electrons. The molecule has 2 aliphatic carbocycles. The number of carboxylic acid groups (broad SMARTS) is 1. The van der Waals surface area contributed by atoms with Crippen LogP contribution < -0.4 is 5.32 Å². The van der Waals surface area contributed by atoms with Gasteiger partial charge in [-0.2, -0.15) is 4.98 Å². The molecule has 7 nitrogen and oxygen atoms in total. The summed E-state index contributed by atoms with van der Waals surface area (Å²) in [5.74, 6) is 1.63. The fraction of sp³-hybridized carbons (Fsp3) is 0.423. The van der Waals surface area contributed by atoms with Crippen molar-refractivity contribution in [2.45, 2.75) is 49.1 Å². The van der Waals surface area contributed by atoms with E-state index in [1.807, 2.05) is 12.1 Å². The van der Waals surface area contributed by atoms with E-state index in [2.05, 4.69) is 45.7 Å². The van der Waals surface area contributed by atoms with Gasteiger partial charge in [0.2, 0.25) is 5.89 Å². The molecule has 0 spiro atoms. The number of aromatic nitrogens is 2. The molecule has 1 aromatic heterocycles. The van der Waals surface area contributed by atoms with E-state index >= 15 is 0 Å². The van der Waals surface area contributed by atoms with Crippen molar-refractivity contribution in [3.8, 4) is 0 Å². The predicted octanol–water partition coefficient (Wildman–Crippen LogP) is 3.54. The summed E-state index contributed by atoms with van der Waals surface area (Å²) in [4.78, 5) is 18.1. The van der Waals surface area contributed by atoms with Gasteiger partial charge in [-0.15, -0.1) is 0 Å². The maximum Gasteiger partial charge on any atom is 0.335 e. The fourth-order valence-corrected chi connectivity index (χ4v) is 4.93. The van der Waals surface area contributed by atoms with Gasteiger partial charge in [0.25, 0.3) is 0 Å². The molecule has 1 saturated heterocycles. The highest BCUT2D eigenvalue weighted by Crippen LogP contribution is 2.48. The van der Waals surface area contributed by atoms with Crippen LogP contribution in [-0.2, 0) is 12.0 Å². The third-order valence-corrected chi connectivity index (χ3v) is 7.40. The van der Waals surface area contributed by atoms with Crippen LogP contribution in [0.25, 0.3) is 0 Å². The molecule has 2 saturated carbocycles. The monoisotopic (exact) mass is 444 g/mol. The van der Waals surface area contributed by atoms with E-state index < -0.39 is 5.97 Å². The number of rotatable bonds is 9. The molecule has 3 aliphatic rings. The Bertz CT molecular complexity index is 1130. The second-order valence-electron chi connectivity index (χ2n) is 9.87. The fourth-order valence-electron chi connectivity index (χ4n) is 4.93. The Kier molecular flexibility index (Phi) is 5.03. The molecular weight excluding hydrogens is 416 g/mol. The summed E-state index contributed by atoms with van der Waals surface area (Å²) < 4.78 is 5.67. The average Bonchev–Trinajstić information content (AvgIpc) is 3.72. The van der Waals surface area contributed by atoms with Crippen LogP contribution in [0.2, 0.25) is 0 Å². The van der Waals surface area contributed by atoms with E-state index in [-0.39, 0.29) is 11.3 Å². The molecule has 2 atom stereocenters. The molecule has 170 valence electrons. The molecule has 7 heteroatoms. The topological polar surface area (TPSA) is 91.5 Å². The molecule has 2 aromatic carbocycles. The van der Waals surface area contributed by atoms with Crippen molar-refractivity contribution in [3.05, 3.63) is 83.0 Å². The van der Waals surface area contributed by atoms with Gasteiger partial charge in [0, 0.05) is 43.6 Å². The summed E-state index contributed by atoms with van der Waals surface area (Å²) in [6, 6.07) is 18.4. The quantitative estimate of drug-likeness (QED) is 0.522. The average molecular weight is 445 g/mol. The lowest BCUT2D eigenvalue weighted by Gasteiger charge is -2.37. The van der Waals surface area contributed by atoms with Crippen molar-refractivity contribution >= 4 is 5.97 Å². The first-order valence-electron chi connectivity index (χ1n) is 11.8. The van der Waals surface area contributed by atoms with E-state index in [9.17, 15) is 4.79 Å². The molecule has 3 fully saturated rings. The van der Waals surface area contributed by atoms with E-state index in [1.54, 1.807) is 12.1 Å². The number of carbonyl (C=O) groups is 1. The third kappa shape index (κ3) is 4.18. The first-order valence-corrected chi connectivity index (χ1v) is 11.8. The number of benzene rings is 2. The highest BCUT2D eigenvalue weighted by molar-refractivity contribution is 5.87. The van der Waals surface area contributed by atoms with Crippen LogP contribution in [0.4, 0.5) is 0 Å². The van der Waals surface area contributed by atoms with E-state index in [0.29, 0.717) is 17.5 Å². The van der Waals surface area contributed by atoms with Crippen LogP contribution in [0.3, 0.4) is 0 Å². The SMILES string of the molecule is O=C(O)c1ccc(CN2CC(c3nc(C4(CN[C@H]5CC5c5ccccc5)CC4)no3)C2)cc1. The maximum atomic E-state index is 11.0. The number of aromatic carboxylic acids is 1. The Balaban J connectivity index is 0.997. The van der Waals surface area contributed by atoms with Gasteiger partial charge in [-0.3, -0.25) is 4.90 Å². The maximum absolute atomic E-state index is 11.0. The Labute approximate surface area is 192 Å². The number of carboxylic acids is 1. The number of nitrogens with one attached hydrogen (secondary N) is 1. The highest BCUT2D eigenvalue weighted by atomic mass is 16.5. The van der Waals surface area contributed by atoms with E-state index in [0.717, 1.165) is 56.3 Å². The van der Waals surface area contributed by atoms with Crippen LogP contribution in [0.1, 0.15) is 64.3 Å². The minimum Gasteiger partial charge on any atom is -0.478 e. The van der Waals surface area contributed by atoms with E-state index in [1.165, 1.54) is 12.0 Å². The number of nitrogens with zero attached hydrogens (tertiary/aromatic N) is 3. The Morgan fingerprint density at radius 1 is 1.12 bits per heavy atom. The van der Waals surface area contributed by atoms with Gasteiger partial charge < -0.3 is 14.9 Å². The summed E-state index contributed by atoms with van der Waals surface area (Å²) in [6.45, 7) is 3.49.